The van der Waals surface area contributed by atoms with Gasteiger partial charge < -0.3 is 5.11 Å². The fourth-order valence-corrected chi connectivity index (χ4v) is 4.32. The molecule has 2 aromatic rings. The van der Waals surface area contributed by atoms with Crippen LogP contribution >= 0.6 is 50.8 Å². The normalized spacial score (nSPS) is 10.6. The predicted octanol–water partition coefficient (Wildman–Crippen LogP) is 3.87. The highest BCUT2D eigenvalue weighted by Crippen LogP contribution is 2.34. The molecule has 1 N–H and O–H groups in total. The summed E-state index contributed by atoms with van der Waals surface area (Å²) in [5.41, 5.74) is 0.251. The molecule has 1 aromatic carbocycles. The summed E-state index contributed by atoms with van der Waals surface area (Å²) in [5, 5.41) is 17.0. The van der Waals surface area contributed by atoms with Gasteiger partial charge in [-0.3, -0.25) is 0 Å². The van der Waals surface area contributed by atoms with Crippen molar-refractivity contribution < 1.29 is 9.90 Å². The Hall–Kier alpha value is -0.570. The highest BCUT2D eigenvalue weighted by molar-refractivity contribution is 9.10. The second-order valence-electron chi connectivity index (χ2n) is 3.12. The van der Waals surface area contributed by atoms with Crippen molar-refractivity contribution in [3.05, 3.63) is 28.2 Å². The smallest absolute Gasteiger partial charge is 0.335 e. The maximum atomic E-state index is 10.9. The zero-order chi connectivity index (χ0) is 13.1. The minimum atomic E-state index is -0.944. The first-order chi connectivity index (χ1) is 8.58. The first kappa shape index (κ1) is 13.9. The molecule has 0 amide bonds. The fraction of sp³-hybridized carbons (Fsp3) is 0.100. The van der Waals surface area contributed by atoms with Crippen LogP contribution in [0, 0.1) is 0 Å². The Kier molecular flexibility index (Phi) is 4.66. The lowest BCUT2D eigenvalue weighted by atomic mass is 10.2. The SMILES string of the molecule is CSc1nnc(Sc2cc(Br)cc(C(=O)O)c2)s1. The standard InChI is InChI=1S/C10H7BrN2O2S3/c1-16-9-12-13-10(18-9)17-7-3-5(8(14)15)2-6(11)4-7/h2-4H,1H3,(H,14,15). The van der Waals surface area contributed by atoms with Crippen LogP contribution in [-0.2, 0) is 0 Å². The molecule has 0 aliphatic rings. The van der Waals surface area contributed by atoms with Crippen molar-refractivity contribution in [2.45, 2.75) is 13.6 Å². The van der Waals surface area contributed by atoms with E-state index in [9.17, 15) is 4.79 Å². The molecule has 0 saturated heterocycles. The average molecular weight is 363 g/mol. The summed E-state index contributed by atoms with van der Waals surface area (Å²) in [7, 11) is 0. The Morgan fingerprint density at radius 1 is 1.33 bits per heavy atom. The molecular formula is C10H7BrN2O2S3. The van der Waals surface area contributed by atoms with Crippen LogP contribution in [-0.4, -0.2) is 27.5 Å². The molecule has 0 bridgehead atoms. The first-order valence-electron chi connectivity index (χ1n) is 4.67. The molecule has 1 aromatic heterocycles. The van der Waals surface area contributed by atoms with E-state index in [1.165, 1.54) is 34.9 Å². The lowest BCUT2D eigenvalue weighted by Gasteiger charge is -2.01. The summed E-state index contributed by atoms with van der Waals surface area (Å²) in [6, 6.07) is 5.05. The van der Waals surface area contributed by atoms with Crippen LogP contribution in [0.15, 0.2) is 36.2 Å². The maximum absolute atomic E-state index is 10.9. The van der Waals surface area contributed by atoms with Crippen LogP contribution in [0.4, 0.5) is 0 Å². The van der Waals surface area contributed by atoms with E-state index in [0.717, 1.165) is 18.0 Å². The van der Waals surface area contributed by atoms with Crippen molar-refractivity contribution in [3.8, 4) is 0 Å². The van der Waals surface area contributed by atoms with Gasteiger partial charge in [0.25, 0.3) is 0 Å². The lowest BCUT2D eigenvalue weighted by molar-refractivity contribution is 0.0696. The van der Waals surface area contributed by atoms with Crippen LogP contribution in [0.1, 0.15) is 10.4 Å². The Morgan fingerprint density at radius 3 is 2.67 bits per heavy atom. The van der Waals surface area contributed by atoms with Gasteiger partial charge in [0.2, 0.25) is 0 Å². The van der Waals surface area contributed by atoms with Crippen LogP contribution in [0.2, 0.25) is 0 Å². The number of rotatable bonds is 4. The van der Waals surface area contributed by atoms with E-state index in [0.29, 0.717) is 0 Å². The van der Waals surface area contributed by atoms with Crippen molar-refractivity contribution in [3.63, 3.8) is 0 Å². The van der Waals surface area contributed by atoms with Gasteiger partial charge in [-0.1, -0.05) is 50.8 Å². The number of carboxylic acid groups (broad SMARTS) is 1. The Labute approximate surface area is 124 Å². The zero-order valence-electron chi connectivity index (χ0n) is 9.08. The monoisotopic (exact) mass is 362 g/mol. The number of aromatic carboxylic acids is 1. The highest BCUT2D eigenvalue weighted by Gasteiger charge is 2.09. The highest BCUT2D eigenvalue weighted by atomic mass is 79.9. The number of hydrogen-bond donors (Lipinski definition) is 1. The van der Waals surface area contributed by atoms with Crippen LogP contribution in [0.3, 0.4) is 0 Å². The van der Waals surface area contributed by atoms with E-state index in [-0.39, 0.29) is 5.56 Å². The summed E-state index contributed by atoms with van der Waals surface area (Å²) >= 11 is 7.74. The molecule has 94 valence electrons. The molecule has 0 aliphatic heterocycles. The van der Waals surface area contributed by atoms with Crippen LogP contribution < -0.4 is 0 Å². The first-order valence-corrected chi connectivity index (χ1v) is 8.33. The summed E-state index contributed by atoms with van der Waals surface area (Å²) < 4.78 is 2.43. The van der Waals surface area contributed by atoms with Crippen molar-refractivity contribution in [2.75, 3.05) is 6.26 Å². The molecule has 2 rings (SSSR count). The number of carbonyl (C=O) groups is 1. The molecule has 0 radical (unpaired) electrons. The van der Waals surface area contributed by atoms with E-state index < -0.39 is 5.97 Å². The minimum absolute atomic E-state index is 0.251. The zero-order valence-corrected chi connectivity index (χ0v) is 13.1. The second kappa shape index (κ2) is 6.05. The molecule has 0 unspecified atom stereocenters. The van der Waals surface area contributed by atoms with Crippen LogP contribution in [0.25, 0.3) is 0 Å². The number of nitrogens with zero attached hydrogens (tertiary/aromatic N) is 2. The largest absolute Gasteiger partial charge is 0.478 e. The lowest BCUT2D eigenvalue weighted by Crippen LogP contribution is -1.95. The minimum Gasteiger partial charge on any atom is -0.478 e. The van der Waals surface area contributed by atoms with Crippen molar-refractivity contribution in [1.29, 1.82) is 0 Å². The topological polar surface area (TPSA) is 63.1 Å². The third-order valence-electron chi connectivity index (χ3n) is 1.89. The van der Waals surface area contributed by atoms with Gasteiger partial charge in [0.15, 0.2) is 8.68 Å². The molecule has 4 nitrogen and oxygen atoms in total. The van der Waals surface area contributed by atoms with Gasteiger partial charge in [-0.25, -0.2) is 4.79 Å². The van der Waals surface area contributed by atoms with Gasteiger partial charge in [0.05, 0.1) is 5.56 Å². The van der Waals surface area contributed by atoms with Crippen LogP contribution in [0.5, 0.6) is 0 Å². The molecule has 1 heterocycles. The third-order valence-corrected chi connectivity index (χ3v) is 5.26. The third kappa shape index (κ3) is 3.47. The van der Waals surface area contributed by atoms with Crippen molar-refractivity contribution in [1.82, 2.24) is 10.2 Å². The molecular weight excluding hydrogens is 356 g/mol. The molecule has 8 heteroatoms. The van der Waals surface area contributed by atoms with Gasteiger partial charge in [-0.05, 0) is 24.5 Å². The number of halogens is 1. The van der Waals surface area contributed by atoms with Crippen molar-refractivity contribution >= 4 is 56.8 Å². The summed E-state index contributed by atoms with van der Waals surface area (Å²) in [6.07, 6.45) is 1.94. The molecule has 0 atom stereocenters. The van der Waals surface area contributed by atoms with E-state index in [1.807, 2.05) is 12.3 Å². The predicted molar refractivity (Wildman–Crippen MR) is 76.9 cm³/mol. The number of aromatic nitrogens is 2. The van der Waals surface area contributed by atoms with E-state index >= 15 is 0 Å². The summed E-state index contributed by atoms with van der Waals surface area (Å²) in [5.74, 6) is -0.944. The second-order valence-corrected chi connectivity index (χ2v) is 7.39. The summed E-state index contributed by atoms with van der Waals surface area (Å²) in [6.45, 7) is 0. The molecule has 0 aliphatic carbocycles. The van der Waals surface area contributed by atoms with E-state index in [1.54, 1.807) is 12.1 Å². The number of carboxylic acids is 1. The molecule has 0 saturated carbocycles. The Bertz CT molecular complexity index is 588. The van der Waals surface area contributed by atoms with E-state index in [4.69, 9.17) is 5.11 Å². The number of hydrogen-bond acceptors (Lipinski definition) is 6. The maximum Gasteiger partial charge on any atom is 0.335 e. The van der Waals surface area contributed by atoms with Gasteiger partial charge in [0, 0.05) is 9.37 Å². The Balaban J connectivity index is 2.25. The average Bonchev–Trinajstić information content (AvgIpc) is 2.76. The fourth-order valence-electron chi connectivity index (χ4n) is 1.17. The van der Waals surface area contributed by atoms with Gasteiger partial charge >= 0.3 is 5.97 Å². The quantitative estimate of drug-likeness (QED) is 0.832. The summed E-state index contributed by atoms with van der Waals surface area (Å²) in [4.78, 5) is 11.8. The molecule has 18 heavy (non-hydrogen) atoms. The van der Waals surface area contributed by atoms with Gasteiger partial charge in [-0.2, -0.15) is 0 Å². The molecule has 0 fully saturated rings. The van der Waals surface area contributed by atoms with Gasteiger partial charge in [0.1, 0.15) is 0 Å². The number of benzene rings is 1. The Morgan fingerprint density at radius 2 is 2.06 bits per heavy atom. The van der Waals surface area contributed by atoms with Crippen molar-refractivity contribution in [2.24, 2.45) is 0 Å². The van der Waals surface area contributed by atoms with Gasteiger partial charge in [-0.15, -0.1) is 10.2 Å². The molecule has 0 spiro atoms. The number of thioether (sulfide) groups is 1. The van der Waals surface area contributed by atoms with E-state index in [2.05, 4.69) is 26.1 Å².